The first-order valence-corrected chi connectivity index (χ1v) is 12.6. The first-order chi connectivity index (χ1) is 18.2. The topological polar surface area (TPSA) is 80.0 Å². The fraction of sp³-hybridized carbons (Fsp3) is 0.276. The average molecular weight is 519 g/mol. The quantitative estimate of drug-likeness (QED) is 0.330. The highest BCUT2D eigenvalue weighted by Gasteiger charge is 2.36. The predicted molar refractivity (Wildman–Crippen MR) is 136 cm³/mol. The molecule has 3 heterocycles. The van der Waals surface area contributed by atoms with E-state index >= 15 is 0 Å². The molecule has 0 spiro atoms. The van der Waals surface area contributed by atoms with E-state index in [4.69, 9.17) is 0 Å². The summed E-state index contributed by atoms with van der Waals surface area (Å²) in [4.78, 5) is 11.9. The van der Waals surface area contributed by atoms with E-state index in [0.29, 0.717) is 34.8 Å². The van der Waals surface area contributed by atoms with Gasteiger partial charge in [-0.15, -0.1) is 5.10 Å². The highest BCUT2D eigenvalue weighted by molar-refractivity contribution is 5.90. The van der Waals surface area contributed by atoms with Crippen LogP contribution in [0.4, 0.5) is 13.2 Å². The molecule has 6 nitrogen and oxygen atoms in total. The van der Waals surface area contributed by atoms with Gasteiger partial charge in [-0.3, -0.25) is 0 Å². The minimum absolute atomic E-state index is 0.101. The molecule has 7 rings (SSSR count). The smallest absolute Gasteiger partial charge is 0.416 e. The lowest BCUT2D eigenvalue weighted by molar-refractivity contribution is -0.137. The molecule has 194 valence electrons. The number of benzene rings is 3. The number of piperidine rings is 2. The van der Waals surface area contributed by atoms with Crippen LogP contribution in [-0.4, -0.2) is 38.7 Å². The first kappa shape index (κ1) is 24.4. The zero-order chi connectivity index (χ0) is 26.4. The monoisotopic (exact) mass is 518 g/mol. The number of hydrogen-bond donors (Lipinski definition) is 2. The Kier molecular flexibility index (Phi) is 6.03. The van der Waals surface area contributed by atoms with E-state index in [0.717, 1.165) is 36.2 Å². The third kappa shape index (κ3) is 4.69. The van der Waals surface area contributed by atoms with Crippen molar-refractivity contribution in [3.05, 3.63) is 89.6 Å². The molecule has 9 heteroatoms. The third-order valence-electron chi connectivity index (χ3n) is 7.76. The Balaban J connectivity index is 1.29. The SMILES string of the molecule is O=C(O)c1cc(-c2ccc(C3CC4CCC3CN4)cc2)cc(-n2cc(-c3ccc(C(F)(F)F)cc3)nn2)c1. The number of aromatic carboxylic acids is 1. The number of alkyl halides is 3. The van der Waals surface area contributed by atoms with Gasteiger partial charge in [0.05, 0.1) is 23.0 Å². The number of carbonyl (C=O) groups is 1. The molecule has 2 saturated heterocycles. The number of aromatic nitrogens is 3. The number of carboxylic acids is 1. The van der Waals surface area contributed by atoms with Gasteiger partial charge in [0.15, 0.2) is 0 Å². The van der Waals surface area contributed by atoms with Crippen molar-refractivity contribution < 1.29 is 23.1 Å². The maximum Gasteiger partial charge on any atom is 0.416 e. The Hall–Kier alpha value is -3.98. The minimum atomic E-state index is -4.42. The van der Waals surface area contributed by atoms with Gasteiger partial charge in [-0.1, -0.05) is 41.6 Å². The van der Waals surface area contributed by atoms with E-state index in [1.165, 1.54) is 41.3 Å². The van der Waals surface area contributed by atoms with Crippen molar-refractivity contribution in [1.29, 1.82) is 0 Å². The summed E-state index contributed by atoms with van der Waals surface area (Å²) in [6.07, 6.45) is 0.793. The van der Waals surface area contributed by atoms with Crippen LogP contribution in [0, 0.1) is 5.92 Å². The first-order valence-electron chi connectivity index (χ1n) is 12.6. The molecular formula is C29H25F3N4O2. The molecule has 1 saturated carbocycles. The molecule has 2 bridgehead atoms. The Morgan fingerprint density at radius 1 is 0.947 bits per heavy atom. The normalized spacial score (nSPS) is 21.0. The van der Waals surface area contributed by atoms with Gasteiger partial charge in [-0.05, 0) is 84.7 Å². The summed E-state index contributed by atoms with van der Waals surface area (Å²) < 4.78 is 40.1. The second kappa shape index (κ2) is 9.40. The Morgan fingerprint density at radius 3 is 2.29 bits per heavy atom. The standard InChI is InChI=1S/C29H25F3N4O2/c30-29(31,32)23-8-5-19(6-9-23)27-16-36(35-34-27)25-12-21(11-22(13-25)28(37)38)17-1-3-18(4-2-17)26-14-24-10-7-20(26)15-33-24/h1-6,8-9,11-13,16,20,24,26,33H,7,10,14-15H2,(H,37,38). The molecule has 38 heavy (non-hydrogen) atoms. The maximum absolute atomic E-state index is 12.9. The lowest BCUT2D eigenvalue weighted by atomic mass is 9.70. The van der Waals surface area contributed by atoms with Crippen molar-refractivity contribution in [3.63, 3.8) is 0 Å². The van der Waals surface area contributed by atoms with Crippen molar-refractivity contribution in [3.8, 4) is 28.1 Å². The van der Waals surface area contributed by atoms with Crippen LogP contribution in [0.3, 0.4) is 0 Å². The van der Waals surface area contributed by atoms with Crippen LogP contribution in [0.1, 0.15) is 46.7 Å². The van der Waals surface area contributed by atoms with Crippen LogP contribution in [-0.2, 0) is 6.18 Å². The van der Waals surface area contributed by atoms with E-state index in [-0.39, 0.29) is 5.56 Å². The van der Waals surface area contributed by atoms with Gasteiger partial charge in [0.25, 0.3) is 0 Å². The molecule has 3 unspecified atom stereocenters. The van der Waals surface area contributed by atoms with Crippen molar-refractivity contribution in [2.75, 3.05) is 6.54 Å². The van der Waals surface area contributed by atoms with Crippen LogP contribution in [0.25, 0.3) is 28.1 Å². The fourth-order valence-electron chi connectivity index (χ4n) is 5.70. The van der Waals surface area contributed by atoms with E-state index in [1.807, 2.05) is 18.2 Å². The lowest BCUT2D eigenvalue weighted by Crippen LogP contribution is -2.48. The van der Waals surface area contributed by atoms with Gasteiger partial charge in [0, 0.05) is 11.6 Å². The highest BCUT2D eigenvalue weighted by atomic mass is 19.4. The summed E-state index contributed by atoms with van der Waals surface area (Å²) in [5.74, 6) is 0.126. The van der Waals surface area contributed by atoms with Crippen molar-refractivity contribution in [2.24, 2.45) is 5.92 Å². The molecule has 3 aliphatic rings. The number of hydrogen-bond acceptors (Lipinski definition) is 4. The number of fused-ring (bicyclic) bond motifs is 3. The number of carboxylic acid groups (broad SMARTS) is 1. The van der Waals surface area contributed by atoms with Crippen LogP contribution in [0.2, 0.25) is 0 Å². The summed E-state index contributed by atoms with van der Waals surface area (Å²) in [5, 5.41) is 21.5. The summed E-state index contributed by atoms with van der Waals surface area (Å²) in [6, 6.07) is 18.6. The van der Waals surface area contributed by atoms with Crippen LogP contribution < -0.4 is 5.32 Å². The summed E-state index contributed by atoms with van der Waals surface area (Å²) in [5.41, 5.74) is 3.63. The van der Waals surface area contributed by atoms with E-state index in [1.54, 1.807) is 12.3 Å². The molecule has 0 amide bonds. The van der Waals surface area contributed by atoms with Gasteiger partial charge in [0.2, 0.25) is 0 Å². The molecule has 3 aromatic carbocycles. The minimum Gasteiger partial charge on any atom is -0.478 e. The molecular weight excluding hydrogens is 493 g/mol. The van der Waals surface area contributed by atoms with Crippen molar-refractivity contribution in [2.45, 2.75) is 37.4 Å². The lowest BCUT2D eigenvalue weighted by Gasteiger charge is -2.43. The van der Waals surface area contributed by atoms with Gasteiger partial charge >= 0.3 is 12.1 Å². The Labute approximate surface area is 217 Å². The third-order valence-corrected chi connectivity index (χ3v) is 7.76. The largest absolute Gasteiger partial charge is 0.478 e. The van der Waals surface area contributed by atoms with Crippen LogP contribution >= 0.6 is 0 Å². The highest BCUT2D eigenvalue weighted by Crippen LogP contribution is 2.41. The number of rotatable bonds is 5. The molecule has 1 aliphatic carbocycles. The molecule has 0 radical (unpaired) electrons. The second-order valence-corrected chi connectivity index (χ2v) is 10.1. The zero-order valence-corrected chi connectivity index (χ0v) is 20.3. The molecule has 3 fully saturated rings. The molecule has 2 N–H and O–H groups in total. The number of nitrogens with zero attached hydrogens (tertiary/aromatic N) is 3. The summed E-state index contributed by atoms with van der Waals surface area (Å²) in [6.45, 7) is 1.06. The van der Waals surface area contributed by atoms with E-state index < -0.39 is 17.7 Å². The number of nitrogens with one attached hydrogen (secondary N) is 1. The average Bonchev–Trinajstić information content (AvgIpc) is 3.44. The fourth-order valence-corrected chi connectivity index (χ4v) is 5.70. The molecule has 3 atom stereocenters. The molecule has 1 aromatic heterocycles. The molecule has 4 aromatic rings. The van der Waals surface area contributed by atoms with Gasteiger partial charge in [0.1, 0.15) is 5.69 Å². The molecule has 2 aliphatic heterocycles. The van der Waals surface area contributed by atoms with E-state index in [2.05, 4.69) is 27.8 Å². The summed E-state index contributed by atoms with van der Waals surface area (Å²) in [7, 11) is 0. The van der Waals surface area contributed by atoms with Gasteiger partial charge in [-0.25, -0.2) is 9.48 Å². The predicted octanol–water partition coefficient (Wildman–Crippen LogP) is 6.17. The van der Waals surface area contributed by atoms with Gasteiger partial charge < -0.3 is 10.4 Å². The van der Waals surface area contributed by atoms with Gasteiger partial charge in [-0.2, -0.15) is 13.2 Å². The van der Waals surface area contributed by atoms with Crippen molar-refractivity contribution in [1.82, 2.24) is 20.3 Å². The van der Waals surface area contributed by atoms with Crippen LogP contribution in [0.15, 0.2) is 72.9 Å². The second-order valence-electron chi connectivity index (χ2n) is 10.1. The van der Waals surface area contributed by atoms with Crippen molar-refractivity contribution >= 4 is 5.97 Å². The summed E-state index contributed by atoms with van der Waals surface area (Å²) >= 11 is 0. The number of halogens is 3. The van der Waals surface area contributed by atoms with Crippen LogP contribution in [0.5, 0.6) is 0 Å². The maximum atomic E-state index is 12.9. The Morgan fingerprint density at radius 2 is 1.68 bits per heavy atom. The zero-order valence-electron chi connectivity index (χ0n) is 20.3. The Bertz CT molecular complexity index is 1470. The van der Waals surface area contributed by atoms with E-state index in [9.17, 15) is 23.1 Å².